The first-order valence-electron chi connectivity index (χ1n) is 18.3. The van der Waals surface area contributed by atoms with Crippen molar-refractivity contribution < 1.29 is 52.8 Å². The maximum atomic E-state index is 12.5. The second-order valence-electron chi connectivity index (χ2n) is 14.9. The van der Waals surface area contributed by atoms with Gasteiger partial charge < -0.3 is 44.3 Å². The lowest BCUT2D eigenvalue weighted by molar-refractivity contribution is -0.350. The summed E-state index contributed by atoms with van der Waals surface area (Å²) in [6.07, 6.45) is -1.68. The van der Waals surface area contributed by atoms with Gasteiger partial charge in [0.05, 0.1) is 12.2 Å². The Labute approximate surface area is 317 Å². The maximum Gasteiger partial charge on any atom is 0.303 e. The lowest BCUT2D eigenvalue weighted by Gasteiger charge is -2.52. The Morgan fingerprint density at radius 3 is 2.06 bits per heavy atom. The number of hydrogen-bond donors (Lipinski definition) is 3. The normalized spacial score (nSPS) is 23.4. The molecule has 54 heavy (non-hydrogen) atoms. The monoisotopic (exact) mass is 753 g/mol. The highest BCUT2D eigenvalue weighted by Crippen LogP contribution is 2.56. The van der Waals surface area contributed by atoms with Crippen molar-refractivity contribution in [2.75, 3.05) is 40.3 Å². The molecule has 2 aromatic carbocycles. The SMILES string of the molecule is CC(=O)O[C@@H]1[C@@H](OC(C)=O)[C@@]2(c3ccc(C)c(Cc4ccc(CCCC(=O)NCCC(=O)NCCN(C)C)cc4)c3)OC[C@](C(C)(C)O)(O2)[C@H]1OC(C)=O. The topological polar surface area (TPSA) is 179 Å². The molecule has 2 aliphatic rings. The van der Waals surface area contributed by atoms with Crippen LogP contribution in [0.3, 0.4) is 0 Å². The number of esters is 3. The molecule has 4 rings (SSSR count). The molecule has 0 spiro atoms. The molecule has 0 aromatic heterocycles. The van der Waals surface area contributed by atoms with E-state index < -0.39 is 53.2 Å². The summed E-state index contributed by atoms with van der Waals surface area (Å²) in [4.78, 5) is 63.5. The smallest absolute Gasteiger partial charge is 0.303 e. The summed E-state index contributed by atoms with van der Waals surface area (Å²) in [6.45, 7) is 9.84. The van der Waals surface area contributed by atoms with Gasteiger partial charge >= 0.3 is 17.9 Å². The van der Waals surface area contributed by atoms with Gasteiger partial charge in [0, 0.05) is 58.8 Å². The van der Waals surface area contributed by atoms with Crippen LogP contribution in [-0.4, -0.2) is 110 Å². The Balaban J connectivity index is 1.48. The predicted octanol–water partition coefficient (Wildman–Crippen LogP) is 2.61. The van der Waals surface area contributed by atoms with E-state index in [2.05, 4.69) is 10.6 Å². The van der Waals surface area contributed by atoms with Crippen LogP contribution in [-0.2, 0) is 66.3 Å². The summed E-state index contributed by atoms with van der Waals surface area (Å²) in [5.74, 6) is -4.16. The molecular formula is C40H55N3O11. The van der Waals surface area contributed by atoms with E-state index in [0.717, 1.165) is 28.8 Å². The van der Waals surface area contributed by atoms with Crippen molar-refractivity contribution in [3.63, 3.8) is 0 Å². The zero-order chi connectivity index (χ0) is 39.8. The van der Waals surface area contributed by atoms with Crippen molar-refractivity contribution in [1.29, 1.82) is 0 Å². The quantitative estimate of drug-likeness (QED) is 0.159. The summed E-state index contributed by atoms with van der Waals surface area (Å²) in [5.41, 5.74) is 1.05. The van der Waals surface area contributed by atoms with E-state index in [-0.39, 0.29) is 24.8 Å². The molecule has 14 heteroatoms. The largest absolute Gasteiger partial charge is 0.455 e. The average molecular weight is 754 g/mol. The van der Waals surface area contributed by atoms with E-state index in [4.69, 9.17) is 23.7 Å². The van der Waals surface area contributed by atoms with Crippen LogP contribution in [0.2, 0.25) is 0 Å². The van der Waals surface area contributed by atoms with Crippen LogP contribution >= 0.6 is 0 Å². The lowest BCUT2D eigenvalue weighted by atomic mass is 9.74. The van der Waals surface area contributed by atoms with E-state index in [0.29, 0.717) is 44.3 Å². The summed E-state index contributed by atoms with van der Waals surface area (Å²) in [5, 5.41) is 17.1. The number of carbonyl (C=O) groups excluding carboxylic acids is 5. The number of carbonyl (C=O) groups is 5. The van der Waals surface area contributed by atoms with Gasteiger partial charge in [0.15, 0.2) is 17.8 Å². The molecule has 0 aliphatic carbocycles. The Kier molecular flexibility index (Phi) is 14.0. The first kappa shape index (κ1) is 42.4. The van der Waals surface area contributed by atoms with Crippen LogP contribution in [0.15, 0.2) is 42.5 Å². The fraction of sp³-hybridized carbons (Fsp3) is 0.575. The standard InChI is InChI=1S/C40H55N3O11/c1-25-12-17-32(40-37(53-28(4)46)35(51-26(2)44)36(52-27(3)45)39(54-40,24-50-40)38(5,6)49)23-31(25)22-30-15-13-29(14-16-30)10-9-11-33(47)41-19-18-34(48)42-20-21-43(7)8/h12-17,23,35-37,49H,9-11,18-22,24H2,1-8H3,(H,41,47)(H,42,48)/t35-,36-,37+,39-,40-/m0/s1. The van der Waals surface area contributed by atoms with Crippen LogP contribution < -0.4 is 10.6 Å². The van der Waals surface area contributed by atoms with Gasteiger partial charge in [-0.2, -0.15) is 0 Å². The van der Waals surface area contributed by atoms with Gasteiger partial charge in [0.25, 0.3) is 0 Å². The molecule has 0 unspecified atom stereocenters. The second-order valence-corrected chi connectivity index (χ2v) is 14.9. The molecule has 14 nitrogen and oxygen atoms in total. The lowest BCUT2D eigenvalue weighted by Crippen LogP contribution is -2.72. The van der Waals surface area contributed by atoms with Crippen molar-refractivity contribution in [3.05, 3.63) is 70.3 Å². The summed E-state index contributed by atoms with van der Waals surface area (Å²) in [6, 6.07) is 13.6. The minimum Gasteiger partial charge on any atom is -0.455 e. The van der Waals surface area contributed by atoms with E-state index in [9.17, 15) is 29.1 Å². The van der Waals surface area contributed by atoms with Crippen LogP contribution in [0.25, 0.3) is 0 Å². The average Bonchev–Trinajstić information content (AvgIpc) is 3.46. The van der Waals surface area contributed by atoms with Crippen molar-refractivity contribution in [2.45, 2.75) is 109 Å². The number of aryl methyl sites for hydroxylation is 2. The number of nitrogens with one attached hydrogen (secondary N) is 2. The molecule has 2 saturated heterocycles. The van der Waals surface area contributed by atoms with Crippen LogP contribution in [0.4, 0.5) is 0 Å². The maximum absolute atomic E-state index is 12.5. The Morgan fingerprint density at radius 2 is 1.44 bits per heavy atom. The number of rotatable bonds is 17. The number of benzene rings is 2. The molecule has 2 heterocycles. The molecule has 3 N–H and O–H groups in total. The fourth-order valence-electron chi connectivity index (χ4n) is 6.89. The molecule has 2 fully saturated rings. The molecule has 5 atom stereocenters. The van der Waals surface area contributed by atoms with Crippen LogP contribution in [0.1, 0.15) is 81.7 Å². The van der Waals surface area contributed by atoms with E-state index in [1.54, 1.807) is 6.07 Å². The van der Waals surface area contributed by atoms with Crippen molar-refractivity contribution in [2.24, 2.45) is 0 Å². The van der Waals surface area contributed by atoms with E-state index >= 15 is 0 Å². The van der Waals surface area contributed by atoms with Crippen LogP contribution in [0.5, 0.6) is 0 Å². The van der Waals surface area contributed by atoms with Gasteiger partial charge in [-0.1, -0.05) is 36.4 Å². The van der Waals surface area contributed by atoms with Gasteiger partial charge in [-0.15, -0.1) is 0 Å². The number of amides is 2. The molecule has 2 bridgehead atoms. The van der Waals surface area contributed by atoms with Gasteiger partial charge in [-0.3, -0.25) is 24.0 Å². The highest BCUT2D eigenvalue weighted by atomic mass is 16.8. The van der Waals surface area contributed by atoms with Gasteiger partial charge in [0.2, 0.25) is 23.7 Å². The molecular weight excluding hydrogens is 698 g/mol. The first-order valence-corrected chi connectivity index (χ1v) is 18.3. The Bertz CT molecular complexity index is 1670. The second kappa shape index (κ2) is 17.8. The molecule has 2 amide bonds. The van der Waals surface area contributed by atoms with Crippen molar-refractivity contribution >= 4 is 29.7 Å². The third-order valence-corrected chi connectivity index (χ3v) is 9.78. The van der Waals surface area contributed by atoms with Gasteiger partial charge in [-0.25, -0.2) is 0 Å². The number of nitrogens with zero attached hydrogens (tertiary/aromatic N) is 1. The van der Waals surface area contributed by atoms with Crippen molar-refractivity contribution in [1.82, 2.24) is 15.5 Å². The minimum atomic E-state index is -1.83. The number of fused-ring (bicyclic) bond motifs is 2. The zero-order valence-electron chi connectivity index (χ0n) is 32.6. The van der Waals surface area contributed by atoms with Gasteiger partial charge in [-0.05, 0) is 82.4 Å². The minimum absolute atomic E-state index is 0.0886. The number of aliphatic hydroxyl groups is 1. The Morgan fingerprint density at radius 1 is 0.852 bits per heavy atom. The Hall–Kier alpha value is -4.37. The highest BCUT2D eigenvalue weighted by Gasteiger charge is 2.75. The third-order valence-electron chi connectivity index (χ3n) is 9.78. The highest BCUT2D eigenvalue weighted by molar-refractivity contribution is 5.79. The molecule has 0 saturated carbocycles. The molecule has 0 radical (unpaired) electrons. The van der Waals surface area contributed by atoms with Crippen molar-refractivity contribution in [3.8, 4) is 0 Å². The van der Waals surface area contributed by atoms with Gasteiger partial charge in [0.1, 0.15) is 0 Å². The predicted molar refractivity (Wildman–Crippen MR) is 197 cm³/mol. The van der Waals surface area contributed by atoms with E-state index in [1.807, 2.05) is 62.3 Å². The fourth-order valence-corrected chi connectivity index (χ4v) is 6.89. The zero-order valence-corrected chi connectivity index (χ0v) is 32.6. The first-order chi connectivity index (χ1) is 25.4. The van der Waals surface area contributed by atoms with E-state index in [1.165, 1.54) is 34.6 Å². The summed E-state index contributed by atoms with van der Waals surface area (Å²) < 4.78 is 30.2. The number of ether oxygens (including phenoxy) is 5. The molecule has 2 aliphatic heterocycles. The summed E-state index contributed by atoms with van der Waals surface area (Å²) in [7, 11) is 3.87. The number of likely N-dealkylation sites (N-methyl/N-ethyl adjacent to an activating group) is 1. The van der Waals surface area contributed by atoms with Crippen LogP contribution in [0, 0.1) is 6.92 Å². The molecule has 296 valence electrons. The molecule has 2 aromatic rings. The third kappa shape index (κ3) is 10.2. The number of hydrogen-bond acceptors (Lipinski definition) is 12. The summed E-state index contributed by atoms with van der Waals surface area (Å²) >= 11 is 0.